The van der Waals surface area contributed by atoms with Crippen molar-refractivity contribution < 1.29 is 13.2 Å². The molecule has 0 aromatic carbocycles. The molecule has 0 radical (unpaired) electrons. The molecule has 1 saturated carbocycles. The number of nitrogens with zero attached hydrogens (tertiary/aromatic N) is 1. The first kappa shape index (κ1) is 16.1. The molecule has 1 saturated heterocycles. The molecule has 2 rings (SSSR count). The van der Waals surface area contributed by atoms with Crippen molar-refractivity contribution >= 4 is 0 Å². The molecular weight excluding hydrogens is 265 g/mol. The average Bonchev–Trinajstić information content (AvgIpc) is 2.76. The summed E-state index contributed by atoms with van der Waals surface area (Å²) in [5.41, 5.74) is 0. The van der Waals surface area contributed by atoms with Crippen LogP contribution < -0.4 is 5.32 Å². The van der Waals surface area contributed by atoms with E-state index in [1.807, 2.05) is 0 Å². The topological polar surface area (TPSA) is 15.3 Å². The Balaban J connectivity index is 1.70. The Labute approximate surface area is 120 Å². The predicted molar refractivity (Wildman–Crippen MR) is 74.6 cm³/mol. The number of nitrogens with one attached hydrogen (secondary N) is 1. The van der Waals surface area contributed by atoms with Gasteiger partial charge in [-0.2, -0.15) is 13.2 Å². The highest BCUT2D eigenvalue weighted by Gasteiger charge is 2.34. The van der Waals surface area contributed by atoms with E-state index in [-0.39, 0.29) is 0 Å². The normalized spacial score (nSPS) is 36.5. The van der Waals surface area contributed by atoms with E-state index in [4.69, 9.17) is 0 Å². The van der Waals surface area contributed by atoms with Crippen molar-refractivity contribution in [2.24, 2.45) is 17.8 Å². The van der Waals surface area contributed by atoms with Gasteiger partial charge in [0.2, 0.25) is 0 Å². The van der Waals surface area contributed by atoms with Gasteiger partial charge in [0.05, 0.1) is 6.54 Å². The van der Waals surface area contributed by atoms with Crippen molar-refractivity contribution in [1.82, 2.24) is 10.2 Å². The van der Waals surface area contributed by atoms with Crippen LogP contribution in [0.5, 0.6) is 0 Å². The number of alkyl halides is 3. The van der Waals surface area contributed by atoms with E-state index in [9.17, 15) is 13.2 Å². The zero-order chi connectivity index (χ0) is 14.8. The maximum absolute atomic E-state index is 12.3. The first-order chi connectivity index (χ1) is 9.35. The highest BCUT2D eigenvalue weighted by Crippen LogP contribution is 2.30. The molecule has 0 amide bonds. The lowest BCUT2D eigenvalue weighted by atomic mass is 9.78. The molecule has 0 spiro atoms. The number of hydrogen-bond acceptors (Lipinski definition) is 2. The number of rotatable bonds is 4. The molecule has 118 valence electrons. The Morgan fingerprint density at radius 1 is 1.15 bits per heavy atom. The molecule has 5 heteroatoms. The van der Waals surface area contributed by atoms with Crippen molar-refractivity contribution in [3.8, 4) is 0 Å². The largest absolute Gasteiger partial charge is 0.401 e. The Hall–Kier alpha value is -0.290. The van der Waals surface area contributed by atoms with E-state index in [2.05, 4.69) is 19.2 Å². The number of halogens is 3. The molecule has 1 N–H and O–H groups in total. The van der Waals surface area contributed by atoms with Crippen LogP contribution in [0.15, 0.2) is 0 Å². The summed E-state index contributed by atoms with van der Waals surface area (Å²) < 4.78 is 37.0. The fraction of sp³-hybridized carbons (Fsp3) is 1.00. The quantitative estimate of drug-likeness (QED) is 0.855. The van der Waals surface area contributed by atoms with E-state index >= 15 is 0 Å². The molecule has 0 aromatic rings. The predicted octanol–water partition coefficient (Wildman–Crippen LogP) is 3.28. The molecule has 2 nitrogen and oxygen atoms in total. The molecule has 1 aliphatic carbocycles. The average molecular weight is 292 g/mol. The van der Waals surface area contributed by atoms with Crippen molar-refractivity contribution in [1.29, 1.82) is 0 Å². The molecule has 2 aliphatic rings. The van der Waals surface area contributed by atoms with Gasteiger partial charge in [-0.15, -0.1) is 0 Å². The van der Waals surface area contributed by atoms with Crippen LogP contribution in [0, 0.1) is 17.8 Å². The fourth-order valence-corrected chi connectivity index (χ4v) is 3.66. The molecule has 1 heterocycles. The minimum absolute atomic E-state index is 0.377. The fourth-order valence-electron chi connectivity index (χ4n) is 3.66. The Morgan fingerprint density at radius 2 is 1.90 bits per heavy atom. The van der Waals surface area contributed by atoms with Crippen molar-refractivity contribution in [2.45, 2.75) is 51.7 Å². The zero-order valence-corrected chi connectivity index (χ0v) is 12.5. The third-order valence-electron chi connectivity index (χ3n) is 5.15. The molecule has 1 aliphatic heterocycles. The molecule has 4 unspecified atom stereocenters. The molecular formula is C15H27F3N2. The lowest BCUT2D eigenvalue weighted by Crippen LogP contribution is -2.43. The lowest BCUT2D eigenvalue weighted by Gasteiger charge is -2.35. The molecule has 4 atom stereocenters. The summed E-state index contributed by atoms with van der Waals surface area (Å²) in [5, 5.41) is 3.62. The summed E-state index contributed by atoms with van der Waals surface area (Å²) >= 11 is 0. The molecule has 2 fully saturated rings. The van der Waals surface area contributed by atoms with Gasteiger partial charge >= 0.3 is 6.18 Å². The van der Waals surface area contributed by atoms with Crippen LogP contribution in [0.1, 0.15) is 39.5 Å². The van der Waals surface area contributed by atoms with E-state index in [1.54, 1.807) is 4.90 Å². The summed E-state index contributed by atoms with van der Waals surface area (Å²) in [5.74, 6) is 1.81. The van der Waals surface area contributed by atoms with Crippen LogP contribution in [-0.4, -0.2) is 43.3 Å². The lowest BCUT2D eigenvalue weighted by molar-refractivity contribution is -0.143. The number of hydrogen-bond donors (Lipinski definition) is 1. The summed E-state index contributed by atoms with van der Waals surface area (Å²) in [6.45, 7) is 5.90. The van der Waals surface area contributed by atoms with E-state index < -0.39 is 12.7 Å². The molecule has 20 heavy (non-hydrogen) atoms. The maximum Gasteiger partial charge on any atom is 0.401 e. The highest BCUT2D eigenvalue weighted by molar-refractivity contribution is 4.85. The zero-order valence-electron chi connectivity index (χ0n) is 12.5. The van der Waals surface area contributed by atoms with Crippen LogP contribution in [0.4, 0.5) is 13.2 Å². The Kier molecular flexibility index (Phi) is 5.35. The van der Waals surface area contributed by atoms with Gasteiger partial charge in [0, 0.05) is 12.6 Å². The minimum Gasteiger partial charge on any atom is -0.313 e. The Bertz CT molecular complexity index is 306. The van der Waals surface area contributed by atoms with Gasteiger partial charge in [-0.3, -0.25) is 4.90 Å². The first-order valence-electron chi connectivity index (χ1n) is 7.87. The molecule has 0 aromatic heterocycles. The number of likely N-dealkylation sites (tertiary alicyclic amines) is 1. The highest BCUT2D eigenvalue weighted by atomic mass is 19.4. The standard InChI is InChI=1S/C15H27F3N2/c1-11-4-3-5-14(12(11)2)19-8-13-6-7-20(9-13)10-15(16,17)18/h11-14,19H,3-10H2,1-2H3. The summed E-state index contributed by atoms with van der Waals surface area (Å²) in [7, 11) is 0. The monoisotopic (exact) mass is 292 g/mol. The van der Waals surface area contributed by atoms with Gasteiger partial charge in [-0.1, -0.05) is 26.7 Å². The molecule has 0 bridgehead atoms. The summed E-state index contributed by atoms with van der Waals surface area (Å²) in [6, 6.07) is 0.551. The third-order valence-corrected chi connectivity index (χ3v) is 5.15. The van der Waals surface area contributed by atoms with Crippen LogP contribution >= 0.6 is 0 Å². The van der Waals surface area contributed by atoms with E-state index in [0.29, 0.717) is 31.0 Å². The van der Waals surface area contributed by atoms with Gasteiger partial charge in [0.1, 0.15) is 0 Å². The van der Waals surface area contributed by atoms with Crippen molar-refractivity contribution in [3.63, 3.8) is 0 Å². The second-order valence-electron chi connectivity index (χ2n) is 6.79. The first-order valence-corrected chi connectivity index (χ1v) is 7.87. The van der Waals surface area contributed by atoms with E-state index in [0.717, 1.165) is 18.9 Å². The van der Waals surface area contributed by atoms with Crippen LogP contribution in [-0.2, 0) is 0 Å². The van der Waals surface area contributed by atoms with Gasteiger partial charge in [-0.25, -0.2) is 0 Å². The summed E-state index contributed by atoms with van der Waals surface area (Å²) in [4.78, 5) is 1.54. The smallest absolute Gasteiger partial charge is 0.313 e. The van der Waals surface area contributed by atoms with Crippen LogP contribution in [0.3, 0.4) is 0 Å². The minimum atomic E-state index is -4.06. The van der Waals surface area contributed by atoms with Crippen molar-refractivity contribution in [2.75, 3.05) is 26.2 Å². The van der Waals surface area contributed by atoms with Gasteiger partial charge in [-0.05, 0) is 43.7 Å². The van der Waals surface area contributed by atoms with E-state index in [1.165, 1.54) is 19.3 Å². The van der Waals surface area contributed by atoms with Gasteiger partial charge < -0.3 is 5.32 Å². The maximum atomic E-state index is 12.3. The summed E-state index contributed by atoms with van der Waals surface area (Å²) in [6.07, 6.45) is 0.621. The van der Waals surface area contributed by atoms with Crippen molar-refractivity contribution in [3.05, 3.63) is 0 Å². The van der Waals surface area contributed by atoms with Crippen LogP contribution in [0.2, 0.25) is 0 Å². The van der Waals surface area contributed by atoms with Gasteiger partial charge in [0.15, 0.2) is 0 Å². The third kappa shape index (κ3) is 4.62. The SMILES string of the molecule is CC1CCCC(NCC2CCN(CC(F)(F)F)C2)C1C. The Morgan fingerprint density at radius 3 is 2.60 bits per heavy atom. The van der Waals surface area contributed by atoms with Gasteiger partial charge in [0.25, 0.3) is 0 Å². The second kappa shape index (κ2) is 6.65. The second-order valence-corrected chi connectivity index (χ2v) is 6.79. The van der Waals surface area contributed by atoms with Crippen LogP contribution in [0.25, 0.3) is 0 Å².